The van der Waals surface area contributed by atoms with Gasteiger partial charge in [0.25, 0.3) is 0 Å². The molecule has 4 rings (SSSR count). The number of hydrogen-bond acceptors (Lipinski definition) is 10. The van der Waals surface area contributed by atoms with Crippen molar-refractivity contribution in [3.05, 3.63) is 23.5 Å². The third-order valence-electron chi connectivity index (χ3n) is 6.22. The largest absolute Gasteiger partial charge is 0.368 e. The van der Waals surface area contributed by atoms with Crippen LogP contribution in [0.1, 0.15) is 57.3 Å². The summed E-state index contributed by atoms with van der Waals surface area (Å²) >= 11 is 0. The Morgan fingerprint density at radius 1 is 0.758 bits per heavy atom. The van der Waals surface area contributed by atoms with E-state index in [2.05, 4.69) is 74.1 Å². The van der Waals surface area contributed by atoms with Crippen molar-refractivity contribution in [2.24, 2.45) is 0 Å². The summed E-state index contributed by atoms with van der Waals surface area (Å²) in [7, 11) is 3.98. The van der Waals surface area contributed by atoms with Crippen LogP contribution in [0.4, 0.5) is 23.5 Å². The number of nitrogen functional groups attached to an aromatic ring is 2. The van der Waals surface area contributed by atoms with Crippen LogP contribution in [0, 0.1) is 0 Å². The van der Waals surface area contributed by atoms with Crippen LogP contribution >= 0.6 is 0 Å². The monoisotopic (exact) mass is 456 g/mol. The van der Waals surface area contributed by atoms with Crippen molar-refractivity contribution in [2.45, 2.75) is 58.0 Å². The van der Waals surface area contributed by atoms with E-state index in [4.69, 9.17) is 11.5 Å². The predicted molar refractivity (Wildman–Crippen MR) is 136 cm³/mol. The SMILES string of the molecule is CNC1CN(c2cc(C(C)C)nc(N)n2)C1.CN[C@@H]1CCN(c2cc(C(C)C)nc(N)n2)C1. The lowest BCUT2D eigenvalue weighted by Gasteiger charge is -2.40. The van der Waals surface area contributed by atoms with Gasteiger partial charge in [-0.2, -0.15) is 9.97 Å². The lowest BCUT2D eigenvalue weighted by atomic mass is 10.1. The molecule has 0 unspecified atom stereocenters. The molecule has 2 aromatic heterocycles. The van der Waals surface area contributed by atoms with E-state index in [0.29, 0.717) is 35.8 Å². The summed E-state index contributed by atoms with van der Waals surface area (Å²) in [6.45, 7) is 12.5. The molecule has 2 aromatic rings. The number of nitrogens with one attached hydrogen (secondary N) is 2. The maximum Gasteiger partial charge on any atom is 0.222 e. The molecular weight excluding hydrogens is 416 g/mol. The summed E-state index contributed by atoms with van der Waals surface area (Å²) < 4.78 is 0. The highest BCUT2D eigenvalue weighted by atomic mass is 15.3. The molecule has 4 heterocycles. The third kappa shape index (κ3) is 6.42. The maximum atomic E-state index is 5.77. The van der Waals surface area contributed by atoms with Gasteiger partial charge in [0, 0.05) is 50.4 Å². The maximum absolute atomic E-state index is 5.77. The molecule has 0 radical (unpaired) electrons. The number of nitrogens with two attached hydrogens (primary N) is 2. The van der Waals surface area contributed by atoms with E-state index < -0.39 is 0 Å². The van der Waals surface area contributed by atoms with E-state index in [1.807, 2.05) is 20.2 Å². The Bertz CT molecular complexity index is 910. The van der Waals surface area contributed by atoms with Crippen LogP contribution in [0.5, 0.6) is 0 Å². The van der Waals surface area contributed by atoms with Gasteiger partial charge in [-0.3, -0.25) is 0 Å². The molecule has 0 saturated carbocycles. The topological polar surface area (TPSA) is 134 Å². The average Bonchev–Trinajstić information content (AvgIpc) is 3.22. The number of nitrogens with zero attached hydrogens (tertiary/aromatic N) is 6. The summed E-state index contributed by atoms with van der Waals surface area (Å²) in [5, 5.41) is 6.54. The second kappa shape index (κ2) is 10.9. The van der Waals surface area contributed by atoms with Gasteiger partial charge in [-0.1, -0.05) is 27.7 Å². The van der Waals surface area contributed by atoms with Crippen molar-refractivity contribution in [2.75, 3.05) is 61.5 Å². The lowest BCUT2D eigenvalue weighted by molar-refractivity contribution is 0.447. The minimum atomic E-state index is 0.370. The molecule has 2 aliphatic rings. The van der Waals surface area contributed by atoms with E-state index in [0.717, 1.165) is 55.6 Å². The third-order valence-corrected chi connectivity index (χ3v) is 6.22. The van der Waals surface area contributed by atoms with Crippen LogP contribution in [-0.4, -0.2) is 72.3 Å². The van der Waals surface area contributed by atoms with E-state index in [1.54, 1.807) is 0 Å². The fourth-order valence-corrected chi connectivity index (χ4v) is 3.91. The first-order valence-electron chi connectivity index (χ1n) is 11.8. The number of rotatable bonds is 6. The number of aromatic nitrogens is 4. The van der Waals surface area contributed by atoms with E-state index in [9.17, 15) is 0 Å². The Morgan fingerprint density at radius 2 is 1.21 bits per heavy atom. The second-order valence-electron chi connectivity index (χ2n) is 9.44. The molecular formula is C23H40N10. The number of anilines is 4. The van der Waals surface area contributed by atoms with Crippen LogP contribution in [0.2, 0.25) is 0 Å². The standard InChI is InChI=1S/C12H21N5.C11H19N5/c1-8(2)10-6-11(16-12(13)15-10)17-5-4-9(7-17)14-3;1-7(2)9-4-10(15-11(12)14-9)16-5-8(6-16)13-3/h6,8-9,14H,4-5,7H2,1-3H3,(H2,13,15,16);4,7-8,13H,5-6H2,1-3H3,(H2,12,14,15)/t9-;/m1./s1. The predicted octanol–water partition coefficient (Wildman–Crippen LogP) is 1.57. The average molecular weight is 457 g/mol. The van der Waals surface area contributed by atoms with E-state index in [1.165, 1.54) is 0 Å². The molecule has 0 amide bonds. The Morgan fingerprint density at radius 3 is 1.64 bits per heavy atom. The van der Waals surface area contributed by atoms with E-state index >= 15 is 0 Å². The fraction of sp³-hybridized carbons (Fsp3) is 0.652. The summed E-state index contributed by atoms with van der Waals surface area (Å²) in [5.41, 5.74) is 13.5. The second-order valence-corrected chi connectivity index (χ2v) is 9.44. The molecule has 10 nitrogen and oxygen atoms in total. The van der Waals surface area contributed by atoms with Crippen LogP contribution < -0.4 is 31.9 Å². The van der Waals surface area contributed by atoms with Gasteiger partial charge in [-0.05, 0) is 32.4 Å². The zero-order valence-corrected chi connectivity index (χ0v) is 20.8. The summed E-state index contributed by atoms with van der Waals surface area (Å²) in [6, 6.07) is 5.21. The first kappa shape index (κ1) is 24.9. The Labute approximate surface area is 197 Å². The minimum absolute atomic E-state index is 0.370. The van der Waals surface area contributed by atoms with Crippen molar-refractivity contribution in [1.82, 2.24) is 30.6 Å². The molecule has 0 bridgehead atoms. The molecule has 6 N–H and O–H groups in total. The fourth-order valence-electron chi connectivity index (χ4n) is 3.91. The molecule has 10 heteroatoms. The van der Waals surface area contributed by atoms with Gasteiger partial charge in [-0.15, -0.1) is 0 Å². The van der Waals surface area contributed by atoms with Crippen LogP contribution in [0.25, 0.3) is 0 Å². The van der Waals surface area contributed by atoms with Crippen molar-refractivity contribution < 1.29 is 0 Å². The summed E-state index contributed by atoms with van der Waals surface area (Å²) in [5.74, 6) is 3.40. The Kier molecular flexibility index (Phi) is 8.25. The molecule has 33 heavy (non-hydrogen) atoms. The van der Waals surface area contributed by atoms with Gasteiger partial charge in [0.1, 0.15) is 11.6 Å². The molecule has 2 saturated heterocycles. The lowest BCUT2D eigenvalue weighted by Crippen LogP contribution is -2.57. The van der Waals surface area contributed by atoms with Gasteiger partial charge in [0.05, 0.1) is 11.4 Å². The highest BCUT2D eigenvalue weighted by molar-refractivity contribution is 5.47. The Balaban J connectivity index is 0.000000186. The van der Waals surface area contributed by atoms with Crippen LogP contribution in [-0.2, 0) is 0 Å². The smallest absolute Gasteiger partial charge is 0.222 e. The van der Waals surface area contributed by atoms with E-state index in [-0.39, 0.29) is 0 Å². The first-order valence-corrected chi connectivity index (χ1v) is 11.8. The zero-order chi connectivity index (χ0) is 24.1. The van der Waals surface area contributed by atoms with Crippen molar-refractivity contribution >= 4 is 23.5 Å². The van der Waals surface area contributed by atoms with Crippen LogP contribution in [0.15, 0.2) is 12.1 Å². The number of likely N-dealkylation sites (N-methyl/N-ethyl adjacent to an activating group) is 2. The summed E-state index contributed by atoms with van der Waals surface area (Å²) in [6.07, 6.45) is 1.15. The molecule has 1 atom stereocenters. The molecule has 2 aliphatic heterocycles. The van der Waals surface area contributed by atoms with Crippen molar-refractivity contribution in [3.8, 4) is 0 Å². The quantitative estimate of drug-likeness (QED) is 0.507. The molecule has 182 valence electrons. The van der Waals surface area contributed by atoms with Crippen molar-refractivity contribution in [1.29, 1.82) is 0 Å². The molecule has 0 aliphatic carbocycles. The van der Waals surface area contributed by atoms with Gasteiger partial charge in [-0.25, -0.2) is 9.97 Å². The normalized spacial score (nSPS) is 18.5. The minimum Gasteiger partial charge on any atom is -0.368 e. The molecule has 0 spiro atoms. The summed E-state index contributed by atoms with van der Waals surface area (Å²) in [4.78, 5) is 21.6. The van der Waals surface area contributed by atoms with Gasteiger partial charge in [0.2, 0.25) is 11.9 Å². The van der Waals surface area contributed by atoms with Gasteiger partial charge < -0.3 is 31.9 Å². The first-order chi connectivity index (χ1) is 15.7. The zero-order valence-electron chi connectivity index (χ0n) is 20.8. The van der Waals surface area contributed by atoms with Gasteiger partial charge >= 0.3 is 0 Å². The van der Waals surface area contributed by atoms with Gasteiger partial charge in [0.15, 0.2) is 0 Å². The number of hydrogen-bond donors (Lipinski definition) is 4. The highest BCUT2D eigenvalue weighted by Gasteiger charge is 2.27. The molecule has 2 fully saturated rings. The highest BCUT2D eigenvalue weighted by Crippen LogP contribution is 2.24. The Hall–Kier alpha value is -2.72. The van der Waals surface area contributed by atoms with Crippen LogP contribution in [0.3, 0.4) is 0 Å². The van der Waals surface area contributed by atoms with Crippen molar-refractivity contribution in [3.63, 3.8) is 0 Å². The molecule has 0 aromatic carbocycles.